The smallest absolute Gasteiger partial charge is 0.387 e. The van der Waals surface area contributed by atoms with Gasteiger partial charge in [0.25, 0.3) is 5.91 Å². The lowest BCUT2D eigenvalue weighted by Crippen LogP contribution is -2.38. The van der Waals surface area contributed by atoms with E-state index in [2.05, 4.69) is 10.1 Å². The van der Waals surface area contributed by atoms with E-state index in [4.69, 9.17) is 9.47 Å². The molecule has 1 aromatic rings. The van der Waals surface area contributed by atoms with Gasteiger partial charge in [0.2, 0.25) is 0 Å². The fraction of sp³-hybridized carbons (Fsp3) is 0.500. The van der Waals surface area contributed by atoms with E-state index in [-0.39, 0.29) is 35.2 Å². The van der Waals surface area contributed by atoms with Crippen LogP contribution in [0.2, 0.25) is 0 Å². The van der Waals surface area contributed by atoms with Crippen molar-refractivity contribution in [2.75, 3.05) is 24.7 Å². The number of nitrogens with one attached hydrogen (secondary N) is 1. The van der Waals surface area contributed by atoms with E-state index in [0.717, 1.165) is 6.07 Å². The summed E-state index contributed by atoms with van der Waals surface area (Å²) in [6.45, 7) is -1.87. The third kappa shape index (κ3) is 6.35. The standard InChI is InChI=1S/C16H19F2NO7S/c1-2-24-13-7-10(3-4-12(13)26-16(17)18)15(21)25-8-14(20)19-11-5-6-27(22,23)9-11/h3-4,7,11,16H,2,5-6,8-9H2,1H3,(H,19,20)/t11-/m1/s1. The Morgan fingerprint density at radius 3 is 2.63 bits per heavy atom. The third-order valence-corrected chi connectivity index (χ3v) is 5.40. The summed E-state index contributed by atoms with van der Waals surface area (Å²) in [7, 11) is -3.14. The lowest BCUT2D eigenvalue weighted by Gasteiger charge is -2.13. The van der Waals surface area contributed by atoms with Crippen molar-refractivity contribution in [3.63, 3.8) is 0 Å². The Morgan fingerprint density at radius 1 is 1.30 bits per heavy atom. The van der Waals surface area contributed by atoms with E-state index in [0.29, 0.717) is 6.42 Å². The number of esters is 1. The first-order valence-electron chi connectivity index (χ1n) is 8.08. The summed E-state index contributed by atoms with van der Waals surface area (Å²) in [5.74, 6) is -1.93. The average molecular weight is 407 g/mol. The summed E-state index contributed by atoms with van der Waals surface area (Å²) < 4.78 is 61.8. The molecule has 1 aromatic carbocycles. The number of halogens is 2. The second-order valence-electron chi connectivity index (χ2n) is 5.72. The summed E-state index contributed by atoms with van der Waals surface area (Å²) >= 11 is 0. The molecule has 1 N–H and O–H groups in total. The van der Waals surface area contributed by atoms with E-state index in [9.17, 15) is 26.8 Å². The second-order valence-corrected chi connectivity index (χ2v) is 7.95. The first-order chi connectivity index (χ1) is 12.7. The van der Waals surface area contributed by atoms with Crippen LogP contribution in [0, 0.1) is 0 Å². The highest BCUT2D eigenvalue weighted by Gasteiger charge is 2.29. The molecule has 0 aliphatic carbocycles. The van der Waals surface area contributed by atoms with Crippen molar-refractivity contribution in [1.82, 2.24) is 5.32 Å². The summed E-state index contributed by atoms with van der Waals surface area (Å²) in [6, 6.07) is 3.00. The lowest BCUT2D eigenvalue weighted by atomic mass is 10.2. The summed E-state index contributed by atoms with van der Waals surface area (Å²) in [5.41, 5.74) is -0.0173. The number of carbonyl (C=O) groups is 2. The summed E-state index contributed by atoms with van der Waals surface area (Å²) in [5, 5.41) is 2.48. The van der Waals surface area contributed by atoms with Gasteiger partial charge in [0, 0.05) is 6.04 Å². The van der Waals surface area contributed by atoms with Crippen LogP contribution in [0.3, 0.4) is 0 Å². The first kappa shape index (κ1) is 20.9. The van der Waals surface area contributed by atoms with Gasteiger partial charge in [0.1, 0.15) is 0 Å². The quantitative estimate of drug-likeness (QED) is 0.644. The highest BCUT2D eigenvalue weighted by Crippen LogP contribution is 2.30. The fourth-order valence-corrected chi connectivity index (χ4v) is 4.16. The molecule has 1 heterocycles. The topological polar surface area (TPSA) is 108 Å². The molecule has 8 nitrogen and oxygen atoms in total. The van der Waals surface area contributed by atoms with Crippen LogP contribution in [-0.4, -0.2) is 57.7 Å². The molecular weight excluding hydrogens is 388 g/mol. The maximum atomic E-state index is 12.4. The van der Waals surface area contributed by atoms with Crippen molar-refractivity contribution in [1.29, 1.82) is 0 Å². The number of rotatable bonds is 8. The van der Waals surface area contributed by atoms with Crippen LogP contribution in [0.25, 0.3) is 0 Å². The van der Waals surface area contributed by atoms with Crippen molar-refractivity contribution in [2.45, 2.75) is 26.0 Å². The van der Waals surface area contributed by atoms with Gasteiger partial charge in [0.05, 0.1) is 23.7 Å². The van der Waals surface area contributed by atoms with Crippen LogP contribution in [0.4, 0.5) is 8.78 Å². The molecule has 0 bridgehead atoms. The molecule has 1 saturated heterocycles. The fourth-order valence-electron chi connectivity index (χ4n) is 2.49. The average Bonchev–Trinajstić information content (AvgIpc) is 2.92. The van der Waals surface area contributed by atoms with Crippen LogP contribution in [-0.2, 0) is 19.4 Å². The van der Waals surface area contributed by atoms with Crippen LogP contribution in [0.15, 0.2) is 18.2 Å². The van der Waals surface area contributed by atoms with E-state index < -0.39 is 41.0 Å². The molecule has 11 heteroatoms. The van der Waals surface area contributed by atoms with E-state index in [1.54, 1.807) is 6.92 Å². The molecule has 27 heavy (non-hydrogen) atoms. The van der Waals surface area contributed by atoms with Crippen molar-refractivity contribution in [2.24, 2.45) is 0 Å². The Kier molecular flexibility index (Phi) is 6.94. The van der Waals surface area contributed by atoms with Gasteiger partial charge in [-0.05, 0) is 31.5 Å². The number of benzene rings is 1. The second kappa shape index (κ2) is 8.98. The van der Waals surface area contributed by atoms with Gasteiger partial charge >= 0.3 is 12.6 Å². The zero-order valence-corrected chi connectivity index (χ0v) is 15.3. The molecule has 0 aromatic heterocycles. The highest BCUT2D eigenvalue weighted by atomic mass is 32.2. The predicted octanol–water partition coefficient (Wildman–Crippen LogP) is 1.15. The minimum atomic E-state index is -3.14. The monoisotopic (exact) mass is 407 g/mol. The summed E-state index contributed by atoms with van der Waals surface area (Å²) in [4.78, 5) is 23.8. The molecule has 0 radical (unpaired) electrons. The molecule has 1 fully saturated rings. The van der Waals surface area contributed by atoms with E-state index in [1.807, 2.05) is 0 Å². The molecule has 1 aliphatic heterocycles. The molecular formula is C16H19F2NO7S. The number of alkyl halides is 2. The number of carbonyl (C=O) groups excluding carboxylic acids is 2. The summed E-state index contributed by atoms with van der Waals surface area (Å²) in [6.07, 6.45) is 0.311. The van der Waals surface area contributed by atoms with Crippen LogP contribution in [0.5, 0.6) is 11.5 Å². The lowest BCUT2D eigenvalue weighted by molar-refractivity contribution is -0.124. The maximum Gasteiger partial charge on any atom is 0.387 e. The molecule has 2 rings (SSSR count). The molecule has 0 spiro atoms. The van der Waals surface area contributed by atoms with Crippen LogP contribution >= 0.6 is 0 Å². The van der Waals surface area contributed by atoms with E-state index in [1.165, 1.54) is 12.1 Å². The van der Waals surface area contributed by atoms with Crippen molar-refractivity contribution < 1.29 is 41.0 Å². The normalized spacial score (nSPS) is 18.1. The van der Waals surface area contributed by atoms with Crippen molar-refractivity contribution >= 4 is 21.7 Å². The van der Waals surface area contributed by atoms with Gasteiger partial charge in [0.15, 0.2) is 27.9 Å². The Labute approximate surface area is 154 Å². The number of hydrogen-bond donors (Lipinski definition) is 1. The van der Waals surface area contributed by atoms with E-state index >= 15 is 0 Å². The zero-order chi connectivity index (χ0) is 20.0. The largest absolute Gasteiger partial charge is 0.490 e. The Bertz CT molecular complexity index is 798. The van der Waals surface area contributed by atoms with Gasteiger partial charge < -0.3 is 19.5 Å². The third-order valence-electron chi connectivity index (χ3n) is 3.63. The predicted molar refractivity (Wildman–Crippen MR) is 89.7 cm³/mol. The highest BCUT2D eigenvalue weighted by molar-refractivity contribution is 7.91. The van der Waals surface area contributed by atoms with Gasteiger partial charge in [-0.25, -0.2) is 13.2 Å². The Balaban J connectivity index is 1.93. The van der Waals surface area contributed by atoms with Gasteiger partial charge in [-0.1, -0.05) is 0 Å². The first-order valence-corrected chi connectivity index (χ1v) is 9.91. The minimum Gasteiger partial charge on any atom is -0.490 e. The Hall–Kier alpha value is -2.43. The van der Waals surface area contributed by atoms with Crippen molar-refractivity contribution in [3.05, 3.63) is 23.8 Å². The number of hydrogen-bond acceptors (Lipinski definition) is 7. The molecule has 1 aliphatic rings. The SMILES string of the molecule is CCOc1cc(C(=O)OCC(=O)N[C@@H]2CCS(=O)(=O)C2)ccc1OC(F)F. The number of ether oxygens (including phenoxy) is 3. The van der Waals surface area contributed by atoms with Crippen molar-refractivity contribution in [3.8, 4) is 11.5 Å². The van der Waals surface area contributed by atoms with Crippen LogP contribution < -0.4 is 14.8 Å². The molecule has 150 valence electrons. The van der Waals surface area contributed by atoms with Gasteiger partial charge in [-0.2, -0.15) is 8.78 Å². The molecule has 0 saturated carbocycles. The Morgan fingerprint density at radius 2 is 2.04 bits per heavy atom. The minimum absolute atomic E-state index is 0.00494. The zero-order valence-electron chi connectivity index (χ0n) is 14.4. The molecule has 1 amide bonds. The van der Waals surface area contributed by atoms with Gasteiger partial charge in [-0.3, -0.25) is 4.79 Å². The molecule has 0 unspecified atom stereocenters. The van der Waals surface area contributed by atoms with Gasteiger partial charge in [-0.15, -0.1) is 0 Å². The molecule has 1 atom stereocenters. The number of sulfone groups is 1. The number of amides is 1. The maximum absolute atomic E-state index is 12.4. The van der Waals surface area contributed by atoms with Crippen LogP contribution in [0.1, 0.15) is 23.7 Å².